The first-order valence-electron chi connectivity index (χ1n) is 4.32. The summed E-state index contributed by atoms with van der Waals surface area (Å²) in [5.74, 6) is 0.0566. The monoisotopic (exact) mass is 470 g/mol. The molecule has 2 rings (SSSR count). The van der Waals surface area contributed by atoms with Gasteiger partial charge in [-0.2, -0.15) is 0 Å². The predicted octanol–water partition coefficient (Wildman–Crippen LogP) is 5.11. The Morgan fingerprint density at radius 3 is 2.62 bits per heavy atom. The molecule has 0 unspecified atom stereocenters. The van der Waals surface area contributed by atoms with Gasteiger partial charge in [-0.3, -0.25) is 4.79 Å². The molecule has 5 heteroatoms. The van der Waals surface area contributed by atoms with Gasteiger partial charge in [-0.1, -0.05) is 12.1 Å². The Kier molecular flexibility index (Phi) is 4.21. The molecule has 2 aromatic rings. The van der Waals surface area contributed by atoms with E-state index in [9.17, 15) is 4.79 Å². The lowest BCUT2D eigenvalue weighted by molar-refractivity contribution is 0.104. The molecule has 1 heterocycles. The van der Waals surface area contributed by atoms with Crippen LogP contribution in [0.1, 0.15) is 15.2 Å². The predicted molar refractivity (Wildman–Crippen MR) is 82.3 cm³/mol. The molecule has 82 valence electrons. The molecule has 0 aliphatic carbocycles. The van der Waals surface area contributed by atoms with Gasteiger partial charge < -0.3 is 0 Å². The third kappa shape index (κ3) is 2.57. The van der Waals surface area contributed by atoms with Crippen molar-refractivity contribution in [1.29, 1.82) is 0 Å². The van der Waals surface area contributed by atoms with Gasteiger partial charge in [-0.15, -0.1) is 11.3 Å². The fourth-order valence-electron chi connectivity index (χ4n) is 1.24. The summed E-state index contributed by atoms with van der Waals surface area (Å²) in [6, 6.07) is 7.59. The zero-order valence-electron chi connectivity index (χ0n) is 7.84. The summed E-state index contributed by atoms with van der Waals surface area (Å²) in [7, 11) is 0. The van der Waals surface area contributed by atoms with E-state index in [1.54, 1.807) is 0 Å². The van der Waals surface area contributed by atoms with Crippen LogP contribution in [0.4, 0.5) is 0 Å². The fourth-order valence-corrected chi connectivity index (χ4v) is 3.89. The van der Waals surface area contributed by atoms with Crippen LogP contribution in [0, 0.1) is 3.57 Å². The molecule has 0 bridgehead atoms. The molecular formula is C11H5Br2IOS. The molecule has 0 amide bonds. The van der Waals surface area contributed by atoms with Crippen molar-refractivity contribution >= 4 is 71.6 Å². The molecular weight excluding hydrogens is 467 g/mol. The van der Waals surface area contributed by atoms with Crippen molar-refractivity contribution < 1.29 is 4.79 Å². The fraction of sp³-hybridized carbons (Fsp3) is 0. The highest BCUT2D eigenvalue weighted by Crippen LogP contribution is 2.34. The van der Waals surface area contributed by atoms with E-state index in [2.05, 4.69) is 54.5 Å². The van der Waals surface area contributed by atoms with Crippen molar-refractivity contribution in [3.8, 4) is 0 Å². The van der Waals surface area contributed by atoms with Crippen LogP contribution < -0.4 is 0 Å². The number of rotatable bonds is 2. The molecule has 1 aromatic carbocycles. The van der Waals surface area contributed by atoms with Crippen LogP contribution in [0.3, 0.4) is 0 Å². The molecule has 0 atom stereocenters. The van der Waals surface area contributed by atoms with Crippen molar-refractivity contribution in [2.45, 2.75) is 0 Å². The minimum absolute atomic E-state index is 0.0566. The van der Waals surface area contributed by atoms with Crippen molar-refractivity contribution in [2.24, 2.45) is 0 Å². The summed E-state index contributed by atoms with van der Waals surface area (Å²) in [5.41, 5.74) is 0.724. The van der Waals surface area contributed by atoms with E-state index in [0.29, 0.717) is 0 Å². The van der Waals surface area contributed by atoms with E-state index in [0.717, 1.165) is 23.0 Å². The van der Waals surface area contributed by atoms with E-state index in [1.165, 1.54) is 11.3 Å². The Labute approximate surface area is 128 Å². The SMILES string of the molecule is O=C(c1cccc(I)c1)c1scc(Br)c1Br. The number of benzene rings is 1. The van der Waals surface area contributed by atoms with Crippen molar-refractivity contribution in [3.05, 3.63) is 52.6 Å². The topological polar surface area (TPSA) is 17.1 Å². The normalized spacial score (nSPS) is 10.4. The Morgan fingerprint density at radius 1 is 1.31 bits per heavy atom. The van der Waals surface area contributed by atoms with Crippen molar-refractivity contribution in [2.75, 3.05) is 0 Å². The van der Waals surface area contributed by atoms with Gasteiger partial charge in [0.1, 0.15) is 0 Å². The molecule has 1 aromatic heterocycles. The lowest BCUT2D eigenvalue weighted by Crippen LogP contribution is -1.99. The first kappa shape index (κ1) is 12.7. The molecule has 16 heavy (non-hydrogen) atoms. The molecule has 0 fully saturated rings. The maximum Gasteiger partial charge on any atom is 0.204 e. The maximum absolute atomic E-state index is 12.2. The Balaban J connectivity index is 2.43. The van der Waals surface area contributed by atoms with Gasteiger partial charge in [-0.25, -0.2) is 0 Å². The summed E-state index contributed by atoms with van der Waals surface area (Å²) in [6.07, 6.45) is 0. The third-order valence-corrected chi connectivity index (χ3v) is 6.18. The quantitative estimate of drug-likeness (QED) is 0.439. The van der Waals surface area contributed by atoms with E-state index in [1.807, 2.05) is 29.6 Å². The Morgan fingerprint density at radius 2 is 2.06 bits per heavy atom. The zero-order chi connectivity index (χ0) is 11.7. The molecule has 1 nitrogen and oxygen atoms in total. The van der Waals surface area contributed by atoms with Gasteiger partial charge in [0.25, 0.3) is 0 Å². The second-order valence-corrected chi connectivity index (χ2v) is 6.84. The van der Waals surface area contributed by atoms with Crippen LogP contribution in [0.25, 0.3) is 0 Å². The van der Waals surface area contributed by atoms with Crippen LogP contribution >= 0.6 is 65.8 Å². The standard InChI is InChI=1S/C11H5Br2IOS/c12-8-5-16-11(9(8)13)10(15)6-2-1-3-7(14)4-6/h1-5H. The van der Waals surface area contributed by atoms with Gasteiger partial charge in [0.05, 0.1) is 9.35 Å². The number of halogens is 3. The molecule has 0 spiro atoms. The zero-order valence-corrected chi connectivity index (χ0v) is 14.0. The van der Waals surface area contributed by atoms with Gasteiger partial charge in [-0.05, 0) is 66.6 Å². The Hall–Kier alpha value is 0.280. The van der Waals surface area contributed by atoms with Crippen molar-refractivity contribution in [3.63, 3.8) is 0 Å². The molecule has 0 radical (unpaired) electrons. The highest BCUT2D eigenvalue weighted by Gasteiger charge is 2.16. The highest BCUT2D eigenvalue weighted by molar-refractivity contribution is 14.1. The van der Waals surface area contributed by atoms with Crippen LogP contribution in [-0.2, 0) is 0 Å². The van der Waals surface area contributed by atoms with E-state index >= 15 is 0 Å². The average Bonchev–Trinajstić information content (AvgIpc) is 2.59. The van der Waals surface area contributed by atoms with E-state index in [-0.39, 0.29) is 5.78 Å². The summed E-state index contributed by atoms with van der Waals surface area (Å²) in [6.45, 7) is 0. The number of carbonyl (C=O) groups is 1. The first-order valence-corrected chi connectivity index (χ1v) is 7.87. The van der Waals surface area contributed by atoms with Crippen molar-refractivity contribution in [1.82, 2.24) is 0 Å². The largest absolute Gasteiger partial charge is 0.288 e. The van der Waals surface area contributed by atoms with Crippen LogP contribution in [0.15, 0.2) is 38.6 Å². The smallest absolute Gasteiger partial charge is 0.204 e. The summed E-state index contributed by atoms with van der Waals surface area (Å²) >= 11 is 10.4. The van der Waals surface area contributed by atoms with Gasteiger partial charge in [0, 0.05) is 19.0 Å². The molecule has 0 saturated heterocycles. The number of hydrogen-bond acceptors (Lipinski definition) is 2. The summed E-state index contributed by atoms with van der Waals surface area (Å²) in [5, 5.41) is 1.91. The van der Waals surface area contributed by atoms with Crippen LogP contribution in [0.5, 0.6) is 0 Å². The van der Waals surface area contributed by atoms with Crippen LogP contribution in [0.2, 0.25) is 0 Å². The minimum Gasteiger partial charge on any atom is -0.288 e. The maximum atomic E-state index is 12.2. The average molecular weight is 472 g/mol. The summed E-state index contributed by atoms with van der Waals surface area (Å²) < 4.78 is 2.82. The van der Waals surface area contributed by atoms with Gasteiger partial charge in [0.2, 0.25) is 5.78 Å². The second-order valence-electron chi connectivity index (χ2n) is 3.07. The minimum atomic E-state index is 0.0566. The highest BCUT2D eigenvalue weighted by atomic mass is 127. The second kappa shape index (κ2) is 5.29. The summed E-state index contributed by atoms with van der Waals surface area (Å²) in [4.78, 5) is 12.9. The lowest BCUT2D eigenvalue weighted by atomic mass is 10.1. The van der Waals surface area contributed by atoms with Gasteiger partial charge >= 0.3 is 0 Å². The van der Waals surface area contributed by atoms with E-state index < -0.39 is 0 Å². The number of hydrogen-bond donors (Lipinski definition) is 0. The van der Waals surface area contributed by atoms with E-state index in [4.69, 9.17) is 0 Å². The number of carbonyl (C=O) groups excluding carboxylic acids is 1. The number of ketones is 1. The molecule has 0 N–H and O–H groups in total. The Bertz CT molecular complexity index is 551. The third-order valence-electron chi connectivity index (χ3n) is 1.98. The van der Waals surface area contributed by atoms with Gasteiger partial charge in [0.15, 0.2) is 0 Å². The van der Waals surface area contributed by atoms with Crippen LogP contribution in [-0.4, -0.2) is 5.78 Å². The first-order chi connectivity index (χ1) is 7.59. The number of thiophene rings is 1. The lowest BCUT2D eigenvalue weighted by Gasteiger charge is -2.00. The molecule has 0 saturated carbocycles. The molecule has 0 aliphatic heterocycles. The molecule has 0 aliphatic rings.